The van der Waals surface area contributed by atoms with Crippen molar-refractivity contribution in [3.63, 3.8) is 0 Å². The maximum Gasteiger partial charge on any atom is 0.243 e. The summed E-state index contributed by atoms with van der Waals surface area (Å²) < 4.78 is 27.2. The van der Waals surface area contributed by atoms with Gasteiger partial charge in [-0.25, -0.2) is 13.4 Å². The van der Waals surface area contributed by atoms with Gasteiger partial charge in [-0.05, 0) is 38.8 Å². The summed E-state index contributed by atoms with van der Waals surface area (Å²) in [6, 6.07) is 7.58. The molecule has 0 N–H and O–H groups in total. The molecule has 2 aliphatic rings. The minimum absolute atomic E-state index is 0. The van der Waals surface area contributed by atoms with E-state index in [0.717, 1.165) is 62.5 Å². The SMILES string of the molecule is CC(C)N1CCN(c2cnc(-c3ccc(S(=O)(=O)N4CCCCC4)cc3)cn2)CC1.Cl. The van der Waals surface area contributed by atoms with Crippen molar-refractivity contribution in [1.82, 2.24) is 19.2 Å². The van der Waals surface area contributed by atoms with Crippen molar-refractivity contribution < 1.29 is 8.42 Å². The number of sulfonamides is 1. The largest absolute Gasteiger partial charge is 0.353 e. The lowest BCUT2D eigenvalue weighted by atomic mass is 10.2. The lowest BCUT2D eigenvalue weighted by Crippen LogP contribution is -2.49. The van der Waals surface area contributed by atoms with Crippen LogP contribution in [0.15, 0.2) is 41.6 Å². The topological polar surface area (TPSA) is 69.6 Å². The monoisotopic (exact) mass is 465 g/mol. The van der Waals surface area contributed by atoms with Crippen LogP contribution in [0.25, 0.3) is 11.3 Å². The van der Waals surface area contributed by atoms with Crippen molar-refractivity contribution in [2.45, 2.75) is 44.0 Å². The molecule has 170 valence electrons. The third-order valence-corrected chi connectivity index (χ3v) is 8.02. The Morgan fingerprint density at radius 1 is 0.839 bits per heavy atom. The zero-order chi connectivity index (χ0) is 21.1. The number of aromatic nitrogens is 2. The van der Waals surface area contributed by atoms with Crippen molar-refractivity contribution >= 4 is 28.2 Å². The second kappa shape index (κ2) is 10.3. The smallest absolute Gasteiger partial charge is 0.243 e. The zero-order valence-corrected chi connectivity index (χ0v) is 19.9. The number of piperazine rings is 1. The quantitative estimate of drug-likeness (QED) is 0.675. The Morgan fingerprint density at radius 3 is 2.03 bits per heavy atom. The van der Waals surface area contributed by atoms with Gasteiger partial charge in [-0.15, -0.1) is 12.4 Å². The molecule has 2 aliphatic heterocycles. The number of halogens is 1. The van der Waals surface area contributed by atoms with E-state index in [1.165, 1.54) is 0 Å². The first-order valence-electron chi connectivity index (χ1n) is 10.9. The van der Waals surface area contributed by atoms with Gasteiger partial charge in [-0.3, -0.25) is 9.88 Å². The summed E-state index contributed by atoms with van der Waals surface area (Å²) in [5.74, 6) is 0.895. The highest BCUT2D eigenvalue weighted by Gasteiger charge is 2.26. The van der Waals surface area contributed by atoms with Gasteiger partial charge in [0.2, 0.25) is 10.0 Å². The number of hydrogen-bond acceptors (Lipinski definition) is 6. The molecule has 2 aromatic rings. The summed E-state index contributed by atoms with van der Waals surface area (Å²) in [7, 11) is -3.41. The Morgan fingerprint density at radius 2 is 1.48 bits per heavy atom. The van der Waals surface area contributed by atoms with Gasteiger partial charge in [-0.1, -0.05) is 18.6 Å². The summed E-state index contributed by atoms with van der Waals surface area (Å²) in [5.41, 5.74) is 1.62. The van der Waals surface area contributed by atoms with Crippen LogP contribution in [0.1, 0.15) is 33.1 Å². The minimum atomic E-state index is -3.41. The van der Waals surface area contributed by atoms with Crippen molar-refractivity contribution in [1.29, 1.82) is 0 Å². The molecule has 0 amide bonds. The molecule has 31 heavy (non-hydrogen) atoms. The van der Waals surface area contributed by atoms with Crippen molar-refractivity contribution in [3.05, 3.63) is 36.7 Å². The van der Waals surface area contributed by atoms with E-state index < -0.39 is 10.0 Å². The fourth-order valence-electron chi connectivity index (χ4n) is 4.15. The number of nitrogens with zero attached hydrogens (tertiary/aromatic N) is 5. The second-order valence-electron chi connectivity index (χ2n) is 8.37. The minimum Gasteiger partial charge on any atom is -0.353 e. The highest BCUT2D eigenvalue weighted by molar-refractivity contribution is 7.89. The van der Waals surface area contributed by atoms with Crippen LogP contribution >= 0.6 is 12.4 Å². The third-order valence-electron chi connectivity index (χ3n) is 6.11. The predicted molar refractivity (Wildman–Crippen MR) is 126 cm³/mol. The number of piperidine rings is 1. The molecule has 2 saturated heterocycles. The number of anilines is 1. The molecule has 4 rings (SSSR count). The van der Waals surface area contributed by atoms with Crippen LogP contribution in [0.5, 0.6) is 0 Å². The highest BCUT2D eigenvalue weighted by Crippen LogP contribution is 2.24. The molecule has 1 aromatic carbocycles. The van der Waals surface area contributed by atoms with E-state index in [0.29, 0.717) is 24.0 Å². The van der Waals surface area contributed by atoms with Gasteiger partial charge in [0.05, 0.1) is 23.0 Å². The van der Waals surface area contributed by atoms with E-state index in [1.54, 1.807) is 22.6 Å². The van der Waals surface area contributed by atoms with Gasteiger partial charge >= 0.3 is 0 Å². The summed E-state index contributed by atoms with van der Waals surface area (Å²) >= 11 is 0. The van der Waals surface area contributed by atoms with Gasteiger partial charge < -0.3 is 4.90 Å². The highest BCUT2D eigenvalue weighted by atomic mass is 35.5. The summed E-state index contributed by atoms with van der Waals surface area (Å²) in [6.45, 7) is 9.66. The van der Waals surface area contributed by atoms with E-state index >= 15 is 0 Å². The van der Waals surface area contributed by atoms with E-state index in [2.05, 4.69) is 33.6 Å². The summed E-state index contributed by atoms with van der Waals surface area (Å²) in [5, 5.41) is 0. The summed E-state index contributed by atoms with van der Waals surface area (Å²) in [4.78, 5) is 14.3. The fourth-order valence-corrected chi connectivity index (χ4v) is 5.67. The molecule has 0 unspecified atom stereocenters. The average Bonchev–Trinajstić information content (AvgIpc) is 2.80. The molecule has 0 bridgehead atoms. The third kappa shape index (κ3) is 5.37. The fraction of sp³-hybridized carbons (Fsp3) is 0.545. The maximum atomic E-state index is 12.8. The molecule has 0 radical (unpaired) electrons. The average molecular weight is 466 g/mol. The van der Waals surface area contributed by atoms with E-state index in [4.69, 9.17) is 0 Å². The maximum absolute atomic E-state index is 12.8. The second-order valence-corrected chi connectivity index (χ2v) is 10.3. The zero-order valence-electron chi connectivity index (χ0n) is 18.3. The molecule has 0 saturated carbocycles. The standard InChI is InChI=1S/C22H31N5O2S.ClH/c1-18(2)25-12-14-26(15-13-25)22-17-23-21(16-24-22)19-6-8-20(9-7-19)30(28,29)27-10-4-3-5-11-27;/h6-9,16-18H,3-5,10-15H2,1-2H3;1H. The molecular formula is C22H32ClN5O2S. The first-order valence-corrected chi connectivity index (χ1v) is 12.3. The number of hydrogen-bond donors (Lipinski definition) is 0. The molecule has 1 aromatic heterocycles. The first-order chi connectivity index (χ1) is 14.4. The van der Waals surface area contributed by atoms with Gasteiger partial charge in [0.15, 0.2) is 0 Å². The van der Waals surface area contributed by atoms with Crippen LogP contribution in [-0.4, -0.2) is 72.9 Å². The molecule has 3 heterocycles. The normalized spacial score (nSPS) is 18.7. The van der Waals surface area contributed by atoms with Crippen LogP contribution in [0.2, 0.25) is 0 Å². The van der Waals surface area contributed by atoms with E-state index in [9.17, 15) is 8.42 Å². The molecule has 0 spiro atoms. The van der Waals surface area contributed by atoms with Crippen molar-refractivity contribution in [2.75, 3.05) is 44.2 Å². The van der Waals surface area contributed by atoms with Gasteiger partial charge in [-0.2, -0.15) is 4.31 Å². The lowest BCUT2D eigenvalue weighted by molar-refractivity contribution is 0.209. The number of rotatable bonds is 5. The van der Waals surface area contributed by atoms with Crippen LogP contribution in [-0.2, 0) is 10.0 Å². The van der Waals surface area contributed by atoms with Crippen LogP contribution in [0, 0.1) is 0 Å². The Labute approximate surface area is 191 Å². The molecule has 9 heteroatoms. The predicted octanol–water partition coefficient (Wildman–Crippen LogP) is 3.27. The van der Waals surface area contributed by atoms with Crippen LogP contribution < -0.4 is 4.90 Å². The van der Waals surface area contributed by atoms with Crippen molar-refractivity contribution in [2.24, 2.45) is 0 Å². The molecule has 7 nitrogen and oxygen atoms in total. The Balaban J connectivity index is 0.00000272. The van der Waals surface area contributed by atoms with Gasteiger partial charge in [0.1, 0.15) is 5.82 Å². The van der Waals surface area contributed by atoms with E-state index in [-0.39, 0.29) is 12.4 Å². The van der Waals surface area contributed by atoms with Crippen LogP contribution in [0.4, 0.5) is 5.82 Å². The molecular weight excluding hydrogens is 434 g/mol. The van der Waals surface area contributed by atoms with Gasteiger partial charge in [0, 0.05) is 50.9 Å². The lowest BCUT2D eigenvalue weighted by Gasteiger charge is -2.37. The molecule has 0 aliphatic carbocycles. The van der Waals surface area contributed by atoms with Gasteiger partial charge in [0.25, 0.3) is 0 Å². The number of benzene rings is 1. The van der Waals surface area contributed by atoms with E-state index in [1.807, 2.05) is 18.3 Å². The summed E-state index contributed by atoms with van der Waals surface area (Å²) in [6.07, 6.45) is 6.57. The van der Waals surface area contributed by atoms with Crippen molar-refractivity contribution in [3.8, 4) is 11.3 Å². The Bertz CT molecular complexity index is 937. The molecule has 0 atom stereocenters. The Hall–Kier alpha value is -1.74. The Kier molecular flexibility index (Phi) is 7.91. The first kappa shape index (κ1) is 23.9. The van der Waals surface area contributed by atoms with Crippen LogP contribution in [0.3, 0.4) is 0 Å². The molecule has 2 fully saturated rings.